The van der Waals surface area contributed by atoms with Gasteiger partial charge in [-0.05, 0) is 13.0 Å². The molecule has 1 unspecified atom stereocenters. The van der Waals surface area contributed by atoms with Crippen molar-refractivity contribution in [3.63, 3.8) is 0 Å². The Bertz CT molecular complexity index is 520. The van der Waals surface area contributed by atoms with E-state index in [1.54, 1.807) is 17.1 Å². The molecule has 0 saturated heterocycles. The standard InChI is InChI=1S/C12H13F2N3/c1-8(15)12-5-16-7-17(12)6-9-2-3-10(13)4-11(9)14/h2-5,7-8H,6,15H2,1H3. The van der Waals surface area contributed by atoms with Gasteiger partial charge in [0, 0.05) is 23.9 Å². The number of rotatable bonds is 3. The lowest BCUT2D eigenvalue weighted by molar-refractivity contribution is 0.561. The van der Waals surface area contributed by atoms with Gasteiger partial charge in [0.2, 0.25) is 0 Å². The molecule has 0 aliphatic carbocycles. The molecule has 0 amide bonds. The molecule has 5 heteroatoms. The average molecular weight is 237 g/mol. The molecule has 0 fully saturated rings. The van der Waals surface area contributed by atoms with E-state index < -0.39 is 11.6 Å². The average Bonchev–Trinajstić information content (AvgIpc) is 2.70. The zero-order valence-electron chi connectivity index (χ0n) is 9.40. The van der Waals surface area contributed by atoms with Gasteiger partial charge in [-0.3, -0.25) is 0 Å². The summed E-state index contributed by atoms with van der Waals surface area (Å²) in [6, 6.07) is 3.36. The van der Waals surface area contributed by atoms with E-state index in [9.17, 15) is 8.78 Å². The van der Waals surface area contributed by atoms with Gasteiger partial charge in [-0.1, -0.05) is 6.07 Å². The first-order valence-electron chi connectivity index (χ1n) is 5.27. The summed E-state index contributed by atoms with van der Waals surface area (Å²) < 4.78 is 28.0. The Hall–Kier alpha value is -1.75. The van der Waals surface area contributed by atoms with Gasteiger partial charge in [0.25, 0.3) is 0 Å². The van der Waals surface area contributed by atoms with E-state index in [1.807, 2.05) is 6.92 Å². The molecule has 0 saturated carbocycles. The summed E-state index contributed by atoms with van der Waals surface area (Å²) in [5.74, 6) is -1.14. The van der Waals surface area contributed by atoms with Crippen molar-refractivity contribution in [3.8, 4) is 0 Å². The number of imidazole rings is 1. The molecule has 90 valence electrons. The number of aromatic nitrogens is 2. The Morgan fingerprint density at radius 1 is 1.41 bits per heavy atom. The van der Waals surface area contributed by atoms with E-state index in [1.165, 1.54) is 12.1 Å². The second-order valence-electron chi connectivity index (χ2n) is 3.97. The summed E-state index contributed by atoms with van der Waals surface area (Å²) in [6.45, 7) is 2.12. The fourth-order valence-electron chi connectivity index (χ4n) is 1.68. The first-order valence-corrected chi connectivity index (χ1v) is 5.27. The summed E-state index contributed by atoms with van der Waals surface area (Å²) >= 11 is 0. The van der Waals surface area contributed by atoms with Crippen molar-refractivity contribution in [1.29, 1.82) is 0 Å². The summed E-state index contributed by atoms with van der Waals surface area (Å²) in [5, 5.41) is 0. The molecule has 0 bridgehead atoms. The SMILES string of the molecule is CC(N)c1cncn1Cc1ccc(F)cc1F. The van der Waals surface area contributed by atoms with Crippen molar-refractivity contribution in [1.82, 2.24) is 9.55 Å². The molecule has 1 aromatic heterocycles. The van der Waals surface area contributed by atoms with Gasteiger partial charge < -0.3 is 10.3 Å². The number of halogens is 2. The molecule has 0 spiro atoms. The summed E-state index contributed by atoms with van der Waals surface area (Å²) in [5.41, 5.74) is 6.98. The van der Waals surface area contributed by atoms with E-state index in [2.05, 4.69) is 4.98 Å². The van der Waals surface area contributed by atoms with Crippen LogP contribution in [0.15, 0.2) is 30.7 Å². The molecule has 2 aromatic rings. The van der Waals surface area contributed by atoms with Crippen LogP contribution in [0.5, 0.6) is 0 Å². The highest BCUT2D eigenvalue weighted by Gasteiger charge is 2.09. The number of hydrogen-bond donors (Lipinski definition) is 1. The Morgan fingerprint density at radius 2 is 2.18 bits per heavy atom. The molecule has 2 rings (SSSR count). The highest BCUT2D eigenvalue weighted by molar-refractivity contribution is 5.20. The fourth-order valence-corrected chi connectivity index (χ4v) is 1.68. The molecule has 3 nitrogen and oxygen atoms in total. The van der Waals surface area contributed by atoms with Gasteiger partial charge >= 0.3 is 0 Å². The van der Waals surface area contributed by atoms with Gasteiger partial charge in [0.15, 0.2) is 0 Å². The van der Waals surface area contributed by atoms with Crippen LogP contribution in [0.25, 0.3) is 0 Å². The minimum atomic E-state index is -0.579. The number of nitrogens with two attached hydrogens (primary N) is 1. The lowest BCUT2D eigenvalue weighted by atomic mass is 10.2. The van der Waals surface area contributed by atoms with Crippen molar-refractivity contribution in [2.24, 2.45) is 5.73 Å². The first-order chi connectivity index (χ1) is 8.08. The zero-order valence-corrected chi connectivity index (χ0v) is 9.40. The molecular formula is C12H13F2N3. The molecule has 0 aliphatic heterocycles. The van der Waals surface area contributed by atoms with Gasteiger partial charge in [-0.15, -0.1) is 0 Å². The third-order valence-corrected chi connectivity index (χ3v) is 2.57. The third-order valence-electron chi connectivity index (χ3n) is 2.57. The molecule has 17 heavy (non-hydrogen) atoms. The summed E-state index contributed by atoms with van der Waals surface area (Å²) in [7, 11) is 0. The quantitative estimate of drug-likeness (QED) is 0.889. The highest BCUT2D eigenvalue weighted by atomic mass is 19.1. The topological polar surface area (TPSA) is 43.8 Å². The molecule has 1 aromatic carbocycles. The smallest absolute Gasteiger partial charge is 0.131 e. The van der Waals surface area contributed by atoms with E-state index in [-0.39, 0.29) is 6.04 Å². The van der Waals surface area contributed by atoms with Gasteiger partial charge in [-0.2, -0.15) is 0 Å². The number of benzene rings is 1. The van der Waals surface area contributed by atoms with Gasteiger partial charge in [-0.25, -0.2) is 13.8 Å². The predicted octanol–water partition coefficient (Wildman–Crippen LogP) is 2.23. The van der Waals surface area contributed by atoms with Crippen molar-refractivity contribution < 1.29 is 8.78 Å². The van der Waals surface area contributed by atoms with Crippen LogP contribution in [0.2, 0.25) is 0 Å². The van der Waals surface area contributed by atoms with Gasteiger partial charge in [0.05, 0.1) is 18.6 Å². The lowest BCUT2D eigenvalue weighted by Crippen LogP contribution is -2.13. The summed E-state index contributed by atoms with van der Waals surface area (Å²) in [6.07, 6.45) is 3.23. The van der Waals surface area contributed by atoms with Crippen molar-refractivity contribution >= 4 is 0 Å². The Kier molecular flexibility index (Phi) is 3.19. The minimum Gasteiger partial charge on any atom is -0.329 e. The van der Waals surface area contributed by atoms with Crippen LogP contribution in [0.1, 0.15) is 24.2 Å². The van der Waals surface area contributed by atoms with Crippen LogP contribution in [-0.2, 0) is 6.54 Å². The van der Waals surface area contributed by atoms with E-state index in [4.69, 9.17) is 5.73 Å². The Morgan fingerprint density at radius 3 is 2.82 bits per heavy atom. The lowest BCUT2D eigenvalue weighted by Gasteiger charge is -2.11. The van der Waals surface area contributed by atoms with E-state index in [0.29, 0.717) is 12.1 Å². The van der Waals surface area contributed by atoms with Crippen LogP contribution in [0.4, 0.5) is 8.78 Å². The van der Waals surface area contributed by atoms with Crippen molar-refractivity contribution in [3.05, 3.63) is 53.6 Å². The minimum absolute atomic E-state index is 0.180. The Labute approximate surface area is 97.9 Å². The highest BCUT2D eigenvalue weighted by Crippen LogP contribution is 2.15. The second-order valence-corrected chi connectivity index (χ2v) is 3.97. The van der Waals surface area contributed by atoms with Crippen molar-refractivity contribution in [2.45, 2.75) is 19.5 Å². The van der Waals surface area contributed by atoms with Gasteiger partial charge in [0.1, 0.15) is 11.6 Å². The van der Waals surface area contributed by atoms with E-state index in [0.717, 1.165) is 11.8 Å². The largest absolute Gasteiger partial charge is 0.329 e. The maximum absolute atomic E-state index is 13.5. The van der Waals surface area contributed by atoms with Crippen LogP contribution in [0, 0.1) is 11.6 Å². The molecule has 1 atom stereocenters. The molecule has 0 radical (unpaired) electrons. The maximum Gasteiger partial charge on any atom is 0.131 e. The van der Waals surface area contributed by atoms with Crippen LogP contribution in [-0.4, -0.2) is 9.55 Å². The molecule has 0 aliphatic rings. The normalized spacial score (nSPS) is 12.7. The predicted molar refractivity (Wildman–Crippen MR) is 60.3 cm³/mol. The summed E-state index contributed by atoms with van der Waals surface area (Å²) in [4.78, 5) is 3.97. The zero-order chi connectivity index (χ0) is 12.4. The monoisotopic (exact) mass is 237 g/mol. The maximum atomic E-state index is 13.5. The molecular weight excluding hydrogens is 224 g/mol. The van der Waals surface area contributed by atoms with E-state index >= 15 is 0 Å². The Balaban J connectivity index is 2.28. The molecule has 2 N–H and O–H groups in total. The third kappa shape index (κ3) is 2.50. The number of nitrogens with zero attached hydrogens (tertiary/aromatic N) is 2. The van der Waals surface area contributed by atoms with Crippen LogP contribution in [0.3, 0.4) is 0 Å². The van der Waals surface area contributed by atoms with Crippen molar-refractivity contribution in [2.75, 3.05) is 0 Å². The second kappa shape index (κ2) is 4.63. The van der Waals surface area contributed by atoms with Crippen LogP contribution < -0.4 is 5.73 Å². The molecule has 1 heterocycles. The van der Waals surface area contributed by atoms with Crippen LogP contribution >= 0.6 is 0 Å². The number of hydrogen-bond acceptors (Lipinski definition) is 2. The fraction of sp³-hybridized carbons (Fsp3) is 0.250. The first kappa shape index (κ1) is 11.7.